The van der Waals surface area contributed by atoms with E-state index in [0.717, 1.165) is 0 Å². The van der Waals surface area contributed by atoms with Gasteiger partial charge in [0.25, 0.3) is 5.60 Å². The SMILES string of the molecule is CC1(C)OB(O)c2ccc(C3=NOC(c4ccc(Cl)c(Br)c4)(C(F)(F)F)C3)cc21. The Hall–Kier alpha value is -1.55. The van der Waals surface area contributed by atoms with E-state index in [1.54, 1.807) is 32.0 Å². The largest absolute Gasteiger partial charge is 0.492 e. The number of hydrogen-bond donors (Lipinski definition) is 1. The third-order valence-corrected chi connectivity index (χ3v) is 6.49. The minimum Gasteiger partial charge on any atom is -0.423 e. The molecule has 1 atom stereocenters. The molecule has 0 aliphatic carbocycles. The van der Waals surface area contributed by atoms with E-state index >= 15 is 0 Å². The van der Waals surface area contributed by atoms with Crippen LogP contribution in [0.5, 0.6) is 0 Å². The molecule has 0 aromatic heterocycles. The lowest BCUT2D eigenvalue weighted by atomic mass is 9.77. The van der Waals surface area contributed by atoms with Gasteiger partial charge in [0.15, 0.2) is 0 Å². The zero-order valence-electron chi connectivity index (χ0n) is 15.3. The van der Waals surface area contributed by atoms with Crippen molar-refractivity contribution in [3.63, 3.8) is 0 Å². The Morgan fingerprint density at radius 3 is 2.59 bits per heavy atom. The summed E-state index contributed by atoms with van der Waals surface area (Å²) in [5, 5.41) is 14.1. The Bertz CT molecular complexity index is 1030. The number of nitrogens with zero attached hydrogens (tertiary/aromatic N) is 1. The summed E-state index contributed by atoms with van der Waals surface area (Å²) >= 11 is 9.10. The molecule has 4 nitrogen and oxygen atoms in total. The summed E-state index contributed by atoms with van der Waals surface area (Å²) in [6, 6.07) is 8.90. The summed E-state index contributed by atoms with van der Waals surface area (Å²) in [5.74, 6) is 0. The van der Waals surface area contributed by atoms with Crippen molar-refractivity contribution < 1.29 is 27.7 Å². The maximum atomic E-state index is 14.1. The van der Waals surface area contributed by atoms with Crippen LogP contribution in [0.3, 0.4) is 0 Å². The van der Waals surface area contributed by atoms with Crippen molar-refractivity contribution in [2.45, 2.75) is 37.6 Å². The normalized spacial score (nSPS) is 23.0. The minimum absolute atomic E-state index is 0.0970. The molecule has 0 bridgehead atoms. The highest BCUT2D eigenvalue weighted by molar-refractivity contribution is 9.10. The highest BCUT2D eigenvalue weighted by Crippen LogP contribution is 2.49. The number of alkyl halides is 3. The van der Waals surface area contributed by atoms with E-state index in [9.17, 15) is 18.2 Å². The highest BCUT2D eigenvalue weighted by atomic mass is 79.9. The molecule has 1 unspecified atom stereocenters. The van der Waals surface area contributed by atoms with Crippen molar-refractivity contribution in [3.8, 4) is 0 Å². The van der Waals surface area contributed by atoms with Crippen LogP contribution in [-0.4, -0.2) is 24.0 Å². The lowest BCUT2D eigenvalue weighted by molar-refractivity contribution is -0.275. The van der Waals surface area contributed by atoms with Crippen LogP contribution in [0.15, 0.2) is 46.0 Å². The molecule has 1 N–H and O–H groups in total. The zero-order chi connectivity index (χ0) is 21.2. The molecular weight excluding hydrogens is 473 g/mol. The van der Waals surface area contributed by atoms with Gasteiger partial charge in [-0.15, -0.1) is 0 Å². The number of hydrogen-bond acceptors (Lipinski definition) is 4. The van der Waals surface area contributed by atoms with Crippen LogP contribution in [0.2, 0.25) is 5.02 Å². The van der Waals surface area contributed by atoms with Gasteiger partial charge in [-0.05, 0) is 64.6 Å². The van der Waals surface area contributed by atoms with Crippen molar-refractivity contribution >= 4 is 45.8 Å². The molecule has 0 spiro atoms. The predicted molar refractivity (Wildman–Crippen MR) is 107 cm³/mol. The van der Waals surface area contributed by atoms with Crippen molar-refractivity contribution in [2.24, 2.45) is 5.16 Å². The predicted octanol–water partition coefficient (Wildman–Crippen LogP) is 4.64. The van der Waals surface area contributed by atoms with E-state index in [1.807, 2.05) is 0 Å². The quantitative estimate of drug-likeness (QED) is 0.627. The van der Waals surface area contributed by atoms with Crippen LogP contribution < -0.4 is 5.46 Å². The smallest absolute Gasteiger partial charge is 0.423 e. The first-order valence-electron chi connectivity index (χ1n) is 8.73. The summed E-state index contributed by atoms with van der Waals surface area (Å²) in [6.45, 7) is 3.56. The summed E-state index contributed by atoms with van der Waals surface area (Å²) in [4.78, 5) is 5.06. The molecule has 2 aromatic rings. The van der Waals surface area contributed by atoms with Gasteiger partial charge >= 0.3 is 13.3 Å². The van der Waals surface area contributed by atoms with E-state index in [2.05, 4.69) is 21.1 Å². The van der Waals surface area contributed by atoms with Crippen molar-refractivity contribution in [3.05, 3.63) is 62.6 Å². The maximum absolute atomic E-state index is 14.1. The summed E-state index contributed by atoms with van der Waals surface area (Å²) in [5.41, 5.74) is -1.55. The lowest BCUT2D eigenvalue weighted by Crippen LogP contribution is -2.42. The van der Waals surface area contributed by atoms with Gasteiger partial charge in [0.1, 0.15) is 0 Å². The molecule has 10 heteroatoms. The molecule has 0 amide bonds. The zero-order valence-corrected chi connectivity index (χ0v) is 17.7. The topological polar surface area (TPSA) is 51.0 Å². The van der Waals surface area contributed by atoms with E-state index < -0.39 is 30.9 Å². The first-order chi connectivity index (χ1) is 13.4. The number of benzene rings is 2. The molecule has 2 aliphatic heterocycles. The Kier molecular flexibility index (Phi) is 4.81. The highest BCUT2D eigenvalue weighted by Gasteiger charge is 2.62. The van der Waals surface area contributed by atoms with Crippen molar-refractivity contribution in [1.29, 1.82) is 0 Å². The average molecular weight is 488 g/mol. The second kappa shape index (κ2) is 6.73. The van der Waals surface area contributed by atoms with Gasteiger partial charge in [0.05, 0.1) is 16.3 Å². The Morgan fingerprint density at radius 1 is 1.21 bits per heavy atom. The third kappa shape index (κ3) is 3.28. The molecule has 0 radical (unpaired) electrons. The van der Waals surface area contributed by atoms with E-state index in [1.165, 1.54) is 18.2 Å². The maximum Gasteiger partial charge on any atom is 0.492 e. The van der Waals surface area contributed by atoms with Crippen LogP contribution in [0.4, 0.5) is 13.2 Å². The second-order valence-electron chi connectivity index (χ2n) is 7.54. The molecule has 2 heterocycles. The van der Waals surface area contributed by atoms with Gasteiger partial charge in [-0.1, -0.05) is 35.0 Å². The summed E-state index contributed by atoms with van der Waals surface area (Å²) in [6.07, 6.45) is -5.20. The Morgan fingerprint density at radius 2 is 1.93 bits per heavy atom. The van der Waals surface area contributed by atoms with Crippen molar-refractivity contribution in [2.75, 3.05) is 0 Å². The molecule has 4 rings (SSSR count). The molecular formula is C19H15BBrClF3NO3. The Balaban J connectivity index is 1.73. The monoisotopic (exact) mass is 487 g/mol. The van der Waals surface area contributed by atoms with Crippen LogP contribution in [0.1, 0.15) is 37.0 Å². The van der Waals surface area contributed by atoms with Crippen LogP contribution in [0, 0.1) is 0 Å². The molecule has 0 fully saturated rings. The fourth-order valence-electron chi connectivity index (χ4n) is 3.68. The minimum atomic E-state index is -4.71. The first kappa shape index (κ1) is 20.7. The third-order valence-electron chi connectivity index (χ3n) is 5.28. The fraction of sp³-hybridized carbons (Fsp3) is 0.316. The first-order valence-corrected chi connectivity index (χ1v) is 9.90. The van der Waals surface area contributed by atoms with Crippen LogP contribution in [0.25, 0.3) is 0 Å². The van der Waals surface area contributed by atoms with Gasteiger partial charge < -0.3 is 14.5 Å². The number of oxime groups is 1. The Labute approximate surface area is 178 Å². The number of halogens is 5. The summed E-state index contributed by atoms with van der Waals surface area (Å²) in [7, 11) is -1.07. The van der Waals surface area contributed by atoms with Gasteiger partial charge in [0, 0.05) is 16.5 Å². The molecule has 0 saturated heterocycles. The number of fused-ring (bicyclic) bond motifs is 1. The molecule has 29 heavy (non-hydrogen) atoms. The average Bonchev–Trinajstić information content (AvgIpc) is 3.18. The molecule has 2 aliphatic rings. The van der Waals surface area contributed by atoms with Crippen molar-refractivity contribution in [1.82, 2.24) is 0 Å². The van der Waals surface area contributed by atoms with E-state index in [0.29, 0.717) is 26.1 Å². The van der Waals surface area contributed by atoms with Gasteiger partial charge in [-0.25, -0.2) is 0 Å². The number of rotatable bonds is 2. The fourth-order valence-corrected chi connectivity index (χ4v) is 4.18. The molecule has 2 aromatic carbocycles. The standard InChI is InChI=1S/C19H15BBrClF3NO3/c1-17(2)12-7-10(3-5-13(12)20(27)28-17)16-9-18(29-26-16,19(23,24)25)11-4-6-15(22)14(21)8-11/h3-8,27H,9H2,1-2H3. The lowest BCUT2D eigenvalue weighted by Gasteiger charge is -2.29. The molecule has 0 saturated carbocycles. The van der Waals surface area contributed by atoms with Gasteiger partial charge in [-0.3, -0.25) is 0 Å². The summed E-state index contributed by atoms with van der Waals surface area (Å²) < 4.78 is 48.2. The van der Waals surface area contributed by atoms with E-state index in [-0.39, 0.29) is 11.3 Å². The van der Waals surface area contributed by atoms with E-state index in [4.69, 9.17) is 21.1 Å². The molecule has 152 valence electrons. The van der Waals surface area contributed by atoms with Gasteiger partial charge in [0.2, 0.25) is 0 Å². The van der Waals surface area contributed by atoms with Crippen LogP contribution in [-0.2, 0) is 20.7 Å². The van der Waals surface area contributed by atoms with Gasteiger partial charge in [-0.2, -0.15) is 13.2 Å². The second-order valence-corrected chi connectivity index (χ2v) is 8.80. The van der Waals surface area contributed by atoms with Crippen LogP contribution >= 0.6 is 27.5 Å².